The van der Waals surface area contributed by atoms with Gasteiger partial charge in [-0.2, -0.15) is 5.10 Å². The molecular weight excluding hydrogens is 324 g/mol. The lowest BCUT2D eigenvalue weighted by atomic mass is 10.00. The molecule has 3 aromatic heterocycles. The molecule has 0 amide bonds. The molecule has 0 spiro atoms. The van der Waals surface area contributed by atoms with Crippen LogP contribution in [0.2, 0.25) is 0 Å². The Morgan fingerprint density at radius 2 is 2.00 bits per heavy atom. The minimum absolute atomic E-state index is 0.522. The summed E-state index contributed by atoms with van der Waals surface area (Å²) in [6, 6.07) is 13.2. The van der Waals surface area contributed by atoms with E-state index in [1.165, 1.54) is 0 Å². The molecule has 0 radical (unpaired) electrons. The van der Waals surface area contributed by atoms with E-state index in [-0.39, 0.29) is 0 Å². The third-order valence-corrected chi connectivity index (χ3v) is 4.16. The smallest absolute Gasteiger partial charge is 0.165 e. The number of fused-ring (bicyclic) bond motifs is 1. The second-order valence-electron chi connectivity index (χ2n) is 6.11. The molecule has 126 valence electrons. The number of hydrogen-bond donors (Lipinski definition) is 2. The van der Waals surface area contributed by atoms with Crippen LogP contribution < -0.4 is 0 Å². The Morgan fingerprint density at radius 1 is 1.08 bits per heavy atom. The van der Waals surface area contributed by atoms with Gasteiger partial charge in [0.15, 0.2) is 5.60 Å². The Balaban J connectivity index is 1.76. The molecule has 0 saturated heterocycles. The summed E-state index contributed by atoms with van der Waals surface area (Å²) in [6.45, 7) is 1.64. The summed E-state index contributed by atoms with van der Waals surface area (Å²) in [7, 11) is 0. The molecule has 0 aliphatic carbocycles. The molecule has 0 aliphatic heterocycles. The number of aromatic amines is 1. The van der Waals surface area contributed by atoms with Crippen LogP contribution in [0.1, 0.15) is 18.2 Å². The van der Waals surface area contributed by atoms with Gasteiger partial charge < -0.3 is 5.11 Å². The van der Waals surface area contributed by atoms with E-state index >= 15 is 0 Å². The molecular formula is C21H16N4O. The minimum Gasteiger partial charge on any atom is -0.372 e. The zero-order chi connectivity index (χ0) is 18.0. The Hall–Kier alpha value is -3.49. The van der Waals surface area contributed by atoms with Gasteiger partial charge in [0.2, 0.25) is 0 Å². The molecule has 26 heavy (non-hydrogen) atoms. The molecule has 0 fully saturated rings. The predicted octanol–water partition coefficient (Wildman–Crippen LogP) is 3.28. The zero-order valence-electron chi connectivity index (χ0n) is 14.1. The number of nitrogens with one attached hydrogen (secondary N) is 1. The summed E-state index contributed by atoms with van der Waals surface area (Å²) in [6.07, 6.45) is 7.05. The summed E-state index contributed by atoms with van der Waals surface area (Å²) >= 11 is 0. The second kappa shape index (κ2) is 6.43. The Kier molecular flexibility index (Phi) is 3.96. The Labute approximate surface area is 150 Å². The molecule has 1 aromatic carbocycles. The number of pyridine rings is 2. The van der Waals surface area contributed by atoms with E-state index in [4.69, 9.17) is 0 Å². The highest BCUT2D eigenvalue weighted by Crippen LogP contribution is 2.27. The lowest BCUT2D eigenvalue weighted by molar-refractivity contribution is 0.117. The maximum absolute atomic E-state index is 10.6. The van der Waals surface area contributed by atoms with Gasteiger partial charge in [-0.15, -0.1) is 0 Å². The summed E-state index contributed by atoms with van der Waals surface area (Å²) in [4.78, 5) is 8.60. The summed E-state index contributed by atoms with van der Waals surface area (Å²) in [5.74, 6) is 5.97. The van der Waals surface area contributed by atoms with Gasteiger partial charge in [-0.05, 0) is 48.9 Å². The number of benzene rings is 1. The first-order valence-electron chi connectivity index (χ1n) is 8.18. The van der Waals surface area contributed by atoms with Crippen molar-refractivity contribution in [1.82, 2.24) is 20.2 Å². The van der Waals surface area contributed by atoms with Gasteiger partial charge in [-0.3, -0.25) is 15.1 Å². The van der Waals surface area contributed by atoms with Gasteiger partial charge in [0.25, 0.3) is 0 Å². The lowest BCUT2D eigenvalue weighted by Gasteiger charge is -2.15. The van der Waals surface area contributed by atoms with Crippen molar-refractivity contribution in [3.63, 3.8) is 0 Å². The van der Waals surface area contributed by atoms with Crippen LogP contribution in [-0.4, -0.2) is 25.3 Å². The fourth-order valence-electron chi connectivity index (χ4n) is 2.78. The molecule has 5 heteroatoms. The molecule has 0 bridgehead atoms. The Morgan fingerprint density at radius 3 is 2.77 bits per heavy atom. The monoisotopic (exact) mass is 340 g/mol. The molecule has 0 aliphatic rings. The van der Waals surface area contributed by atoms with Crippen molar-refractivity contribution in [2.45, 2.75) is 12.5 Å². The van der Waals surface area contributed by atoms with E-state index in [9.17, 15) is 5.11 Å². The summed E-state index contributed by atoms with van der Waals surface area (Å²) in [5.41, 5.74) is 2.90. The fraction of sp³-hybridized carbons (Fsp3) is 0.0952. The highest BCUT2D eigenvalue weighted by molar-refractivity contribution is 5.94. The molecule has 3 heterocycles. The highest BCUT2D eigenvalue weighted by Gasteiger charge is 2.21. The third-order valence-electron chi connectivity index (χ3n) is 4.16. The van der Waals surface area contributed by atoms with E-state index in [1.807, 2.05) is 36.5 Å². The fourth-order valence-corrected chi connectivity index (χ4v) is 2.78. The summed E-state index contributed by atoms with van der Waals surface area (Å²) in [5, 5.41) is 18.4. The molecule has 4 aromatic rings. The second-order valence-corrected chi connectivity index (χ2v) is 6.11. The van der Waals surface area contributed by atoms with E-state index in [0.717, 1.165) is 27.6 Å². The number of rotatable bonds is 2. The summed E-state index contributed by atoms with van der Waals surface area (Å²) < 4.78 is 0. The highest BCUT2D eigenvalue weighted by atomic mass is 16.3. The van der Waals surface area contributed by atoms with Crippen molar-refractivity contribution in [2.24, 2.45) is 0 Å². The van der Waals surface area contributed by atoms with Gasteiger partial charge in [0.1, 0.15) is 0 Å². The maximum Gasteiger partial charge on any atom is 0.165 e. The van der Waals surface area contributed by atoms with Crippen LogP contribution in [0.5, 0.6) is 0 Å². The van der Waals surface area contributed by atoms with Gasteiger partial charge in [-0.25, -0.2) is 0 Å². The van der Waals surface area contributed by atoms with Crippen LogP contribution >= 0.6 is 0 Å². The van der Waals surface area contributed by atoms with Crippen LogP contribution in [0.15, 0.2) is 67.3 Å². The zero-order valence-corrected chi connectivity index (χ0v) is 14.1. The largest absolute Gasteiger partial charge is 0.372 e. The molecule has 0 saturated carbocycles. The van der Waals surface area contributed by atoms with Gasteiger partial charge in [0, 0.05) is 35.1 Å². The number of nitrogens with zero attached hydrogens (tertiary/aromatic N) is 3. The van der Waals surface area contributed by atoms with Crippen LogP contribution in [0, 0.1) is 11.8 Å². The molecule has 5 nitrogen and oxygen atoms in total. The predicted molar refractivity (Wildman–Crippen MR) is 100 cm³/mol. The first-order valence-corrected chi connectivity index (χ1v) is 8.18. The van der Waals surface area contributed by atoms with E-state index in [0.29, 0.717) is 5.69 Å². The van der Waals surface area contributed by atoms with E-state index < -0.39 is 5.60 Å². The van der Waals surface area contributed by atoms with Gasteiger partial charge in [-0.1, -0.05) is 17.9 Å². The number of H-pyrrole nitrogens is 1. The van der Waals surface area contributed by atoms with E-state index in [1.54, 1.807) is 37.6 Å². The van der Waals surface area contributed by atoms with Crippen LogP contribution in [0.3, 0.4) is 0 Å². The van der Waals surface area contributed by atoms with Crippen molar-refractivity contribution in [1.29, 1.82) is 0 Å². The molecule has 1 atom stereocenters. The van der Waals surface area contributed by atoms with Gasteiger partial charge >= 0.3 is 0 Å². The van der Waals surface area contributed by atoms with Crippen molar-refractivity contribution >= 4 is 10.9 Å². The van der Waals surface area contributed by atoms with Crippen LogP contribution in [0.4, 0.5) is 0 Å². The quantitative estimate of drug-likeness (QED) is 0.549. The van der Waals surface area contributed by atoms with Crippen molar-refractivity contribution in [3.8, 4) is 23.0 Å². The standard InChI is InChI=1S/C21H16N4O/c1-21(26,20-4-2-3-10-23-20)9-7-15-5-6-19-18(12-15)17(8-11-22-19)16-13-24-25-14-16/h2-6,8,10-14,26H,1H3,(H,24,25). The topological polar surface area (TPSA) is 74.7 Å². The maximum atomic E-state index is 10.6. The average molecular weight is 340 g/mol. The SMILES string of the molecule is CC(O)(C#Cc1ccc2nccc(-c3cn[nH]c3)c2c1)c1ccccn1. The minimum atomic E-state index is -1.32. The van der Waals surface area contributed by atoms with Crippen molar-refractivity contribution in [2.75, 3.05) is 0 Å². The van der Waals surface area contributed by atoms with Gasteiger partial charge in [0.05, 0.1) is 17.4 Å². The number of aromatic nitrogens is 4. The molecule has 1 unspecified atom stereocenters. The third kappa shape index (κ3) is 3.06. The Bertz CT molecular complexity index is 1110. The number of hydrogen-bond acceptors (Lipinski definition) is 4. The van der Waals surface area contributed by atoms with Crippen LogP contribution in [0.25, 0.3) is 22.0 Å². The lowest BCUT2D eigenvalue weighted by Crippen LogP contribution is -2.19. The van der Waals surface area contributed by atoms with Crippen molar-refractivity contribution < 1.29 is 5.11 Å². The normalized spacial score (nSPS) is 13.0. The number of aliphatic hydroxyl groups is 1. The van der Waals surface area contributed by atoms with Crippen molar-refractivity contribution in [3.05, 3.63) is 78.5 Å². The first-order chi connectivity index (χ1) is 12.6. The first kappa shape index (κ1) is 16.0. The molecule has 4 rings (SSSR count). The molecule has 2 N–H and O–H groups in total. The van der Waals surface area contributed by atoms with E-state index in [2.05, 4.69) is 32.0 Å². The average Bonchev–Trinajstić information content (AvgIpc) is 3.21. The van der Waals surface area contributed by atoms with Crippen LogP contribution in [-0.2, 0) is 5.60 Å².